The molecule has 0 N–H and O–H groups in total. The van der Waals surface area contributed by atoms with Crippen molar-refractivity contribution < 1.29 is 9.18 Å². The topological polar surface area (TPSA) is 20.3 Å². The summed E-state index contributed by atoms with van der Waals surface area (Å²) in [6.07, 6.45) is 5.06. The Morgan fingerprint density at radius 2 is 2.29 bits per heavy atom. The van der Waals surface area contributed by atoms with Crippen LogP contribution in [-0.4, -0.2) is 30.8 Å². The molecule has 1 heterocycles. The molecular weight excluding hydrogens is 217 g/mol. The highest BCUT2D eigenvalue weighted by atomic mass is 19.1. The van der Waals surface area contributed by atoms with Crippen LogP contribution in [0.15, 0.2) is 29.8 Å². The normalized spacial score (nSPS) is 19.5. The smallest absolute Gasteiger partial charge is 0.133 e. The number of piperidine rings is 1. The molecule has 0 saturated carbocycles. The zero-order valence-corrected chi connectivity index (χ0v) is 9.73. The second-order valence-corrected chi connectivity index (χ2v) is 4.36. The molecule has 0 radical (unpaired) electrons. The van der Waals surface area contributed by atoms with Crippen molar-refractivity contribution in [1.82, 2.24) is 4.90 Å². The molecule has 1 aliphatic heterocycles. The maximum Gasteiger partial charge on any atom is 0.133 e. The monoisotopic (exact) mass is 233 g/mol. The predicted molar refractivity (Wildman–Crippen MR) is 66.1 cm³/mol. The summed E-state index contributed by atoms with van der Waals surface area (Å²) in [6.45, 7) is 2.27. The number of halogens is 1. The highest BCUT2D eigenvalue weighted by Gasteiger charge is 2.13. The first-order chi connectivity index (χ1) is 8.28. The van der Waals surface area contributed by atoms with Crippen LogP contribution >= 0.6 is 0 Å². The van der Waals surface area contributed by atoms with E-state index in [4.69, 9.17) is 0 Å². The van der Waals surface area contributed by atoms with Gasteiger partial charge in [-0.3, -0.25) is 4.90 Å². The fourth-order valence-corrected chi connectivity index (χ4v) is 2.19. The van der Waals surface area contributed by atoms with Crippen LogP contribution in [0.5, 0.6) is 0 Å². The van der Waals surface area contributed by atoms with Crippen molar-refractivity contribution in [3.8, 4) is 0 Å². The van der Waals surface area contributed by atoms with Gasteiger partial charge in [0.25, 0.3) is 0 Å². The van der Waals surface area contributed by atoms with Crippen LogP contribution in [0.2, 0.25) is 0 Å². The molecule has 17 heavy (non-hydrogen) atoms. The summed E-state index contributed by atoms with van der Waals surface area (Å²) >= 11 is 0. The fourth-order valence-electron chi connectivity index (χ4n) is 2.19. The number of carbonyl (C=O) groups excluding carboxylic acids is 1. The lowest BCUT2D eigenvalue weighted by molar-refractivity contribution is -0.108. The quantitative estimate of drug-likeness (QED) is 0.748. The SMILES string of the molecule is O=CCN1CCCC(=Cc2cccc(F)c2)C1. The Morgan fingerprint density at radius 3 is 3.06 bits per heavy atom. The van der Waals surface area contributed by atoms with Crippen molar-refractivity contribution in [1.29, 1.82) is 0 Å². The van der Waals surface area contributed by atoms with Gasteiger partial charge in [0.05, 0.1) is 6.54 Å². The van der Waals surface area contributed by atoms with Gasteiger partial charge < -0.3 is 4.79 Å². The molecule has 90 valence electrons. The Labute approximate surface area is 101 Å². The van der Waals surface area contributed by atoms with Crippen LogP contribution in [0.3, 0.4) is 0 Å². The first kappa shape index (κ1) is 12.0. The van der Waals surface area contributed by atoms with Gasteiger partial charge in [0.1, 0.15) is 12.1 Å². The van der Waals surface area contributed by atoms with Crippen LogP contribution < -0.4 is 0 Å². The number of carbonyl (C=O) groups is 1. The van der Waals surface area contributed by atoms with Crippen molar-refractivity contribution in [3.63, 3.8) is 0 Å². The second kappa shape index (κ2) is 5.73. The van der Waals surface area contributed by atoms with Crippen LogP contribution in [0.25, 0.3) is 6.08 Å². The van der Waals surface area contributed by atoms with Gasteiger partial charge in [-0.25, -0.2) is 4.39 Å². The number of nitrogens with zero attached hydrogens (tertiary/aromatic N) is 1. The van der Waals surface area contributed by atoms with Gasteiger partial charge in [-0.15, -0.1) is 0 Å². The van der Waals surface area contributed by atoms with E-state index >= 15 is 0 Å². The minimum absolute atomic E-state index is 0.208. The Hall–Kier alpha value is -1.48. The Kier molecular flexibility index (Phi) is 4.04. The van der Waals surface area contributed by atoms with Gasteiger partial charge in [0, 0.05) is 6.54 Å². The van der Waals surface area contributed by atoms with E-state index in [9.17, 15) is 9.18 Å². The number of likely N-dealkylation sites (tertiary alicyclic amines) is 1. The number of hydrogen-bond donors (Lipinski definition) is 0. The van der Waals surface area contributed by atoms with E-state index in [-0.39, 0.29) is 5.82 Å². The lowest BCUT2D eigenvalue weighted by atomic mass is 10.0. The molecule has 1 aromatic carbocycles. The van der Waals surface area contributed by atoms with E-state index in [1.54, 1.807) is 6.07 Å². The van der Waals surface area contributed by atoms with E-state index < -0.39 is 0 Å². The van der Waals surface area contributed by atoms with E-state index in [0.29, 0.717) is 6.54 Å². The minimum atomic E-state index is -0.208. The van der Waals surface area contributed by atoms with E-state index in [1.807, 2.05) is 12.1 Å². The fraction of sp³-hybridized carbons (Fsp3) is 0.357. The summed E-state index contributed by atoms with van der Waals surface area (Å²) < 4.78 is 13.0. The van der Waals surface area contributed by atoms with Crippen molar-refractivity contribution >= 4 is 12.4 Å². The molecule has 0 aliphatic carbocycles. The largest absolute Gasteiger partial charge is 0.302 e. The average Bonchev–Trinajstić information content (AvgIpc) is 2.30. The molecule has 0 bridgehead atoms. The number of benzene rings is 1. The maximum atomic E-state index is 13.0. The summed E-state index contributed by atoms with van der Waals surface area (Å²) in [5.41, 5.74) is 2.16. The van der Waals surface area contributed by atoms with E-state index in [0.717, 1.165) is 37.8 Å². The van der Waals surface area contributed by atoms with Crippen molar-refractivity contribution in [2.75, 3.05) is 19.6 Å². The zero-order valence-electron chi connectivity index (χ0n) is 9.73. The van der Waals surface area contributed by atoms with Gasteiger partial charge in [0.15, 0.2) is 0 Å². The highest BCUT2D eigenvalue weighted by molar-refractivity contribution is 5.55. The standard InChI is InChI=1S/C14H16FNO/c15-14-5-1-3-12(10-14)9-13-4-2-6-16(11-13)7-8-17/h1,3,5,8-10H,2,4,6-7,11H2. The summed E-state index contributed by atoms with van der Waals surface area (Å²) in [5, 5.41) is 0. The van der Waals surface area contributed by atoms with Crippen molar-refractivity contribution in [2.45, 2.75) is 12.8 Å². The molecule has 0 atom stereocenters. The van der Waals surface area contributed by atoms with Crippen LogP contribution in [0, 0.1) is 5.82 Å². The first-order valence-electron chi connectivity index (χ1n) is 5.89. The van der Waals surface area contributed by atoms with Crippen molar-refractivity contribution in [2.24, 2.45) is 0 Å². The minimum Gasteiger partial charge on any atom is -0.302 e. The average molecular weight is 233 g/mol. The number of hydrogen-bond acceptors (Lipinski definition) is 2. The molecule has 0 unspecified atom stereocenters. The Balaban J connectivity index is 2.08. The molecule has 0 spiro atoms. The number of aldehydes is 1. The van der Waals surface area contributed by atoms with E-state index in [2.05, 4.69) is 4.90 Å². The summed E-state index contributed by atoms with van der Waals surface area (Å²) in [4.78, 5) is 12.6. The molecule has 1 aliphatic rings. The third kappa shape index (κ3) is 3.49. The van der Waals surface area contributed by atoms with Gasteiger partial charge in [-0.05, 0) is 37.1 Å². The maximum absolute atomic E-state index is 13.0. The molecule has 2 rings (SSSR count). The molecular formula is C14H16FNO. The molecule has 3 heteroatoms. The molecule has 0 aromatic heterocycles. The zero-order chi connectivity index (χ0) is 12.1. The van der Waals surface area contributed by atoms with Gasteiger partial charge in [0.2, 0.25) is 0 Å². The second-order valence-electron chi connectivity index (χ2n) is 4.36. The number of rotatable bonds is 3. The summed E-state index contributed by atoms with van der Waals surface area (Å²) in [6, 6.07) is 6.59. The van der Waals surface area contributed by atoms with Crippen LogP contribution in [0.4, 0.5) is 4.39 Å². The molecule has 1 aromatic rings. The molecule has 1 fully saturated rings. The first-order valence-corrected chi connectivity index (χ1v) is 5.89. The summed E-state index contributed by atoms with van der Waals surface area (Å²) in [7, 11) is 0. The van der Waals surface area contributed by atoms with Gasteiger partial charge >= 0.3 is 0 Å². The molecule has 1 saturated heterocycles. The van der Waals surface area contributed by atoms with Crippen LogP contribution in [0.1, 0.15) is 18.4 Å². The third-order valence-corrected chi connectivity index (χ3v) is 2.95. The van der Waals surface area contributed by atoms with Gasteiger partial charge in [-0.2, -0.15) is 0 Å². The van der Waals surface area contributed by atoms with Crippen LogP contribution in [-0.2, 0) is 4.79 Å². The Morgan fingerprint density at radius 1 is 1.41 bits per heavy atom. The third-order valence-electron chi connectivity index (χ3n) is 2.95. The van der Waals surface area contributed by atoms with E-state index in [1.165, 1.54) is 17.7 Å². The molecule has 2 nitrogen and oxygen atoms in total. The molecule has 0 amide bonds. The lowest BCUT2D eigenvalue weighted by Crippen LogP contribution is -2.32. The van der Waals surface area contributed by atoms with Gasteiger partial charge in [-0.1, -0.05) is 23.8 Å². The lowest BCUT2D eigenvalue weighted by Gasteiger charge is -2.26. The van der Waals surface area contributed by atoms with Crippen molar-refractivity contribution in [3.05, 3.63) is 41.2 Å². The highest BCUT2D eigenvalue weighted by Crippen LogP contribution is 2.18. The Bertz CT molecular complexity index is 428. The summed E-state index contributed by atoms with van der Waals surface area (Å²) in [5.74, 6) is -0.208. The predicted octanol–water partition coefficient (Wildman–Crippen LogP) is 2.50.